The maximum atomic E-state index is 12.6. The fourth-order valence-corrected chi connectivity index (χ4v) is 2.96. The summed E-state index contributed by atoms with van der Waals surface area (Å²) < 4.78 is 5.60. The van der Waals surface area contributed by atoms with Gasteiger partial charge in [0.2, 0.25) is 0 Å². The number of rotatable bonds is 3. The summed E-state index contributed by atoms with van der Waals surface area (Å²) in [6.07, 6.45) is 1.93. The van der Waals surface area contributed by atoms with Crippen molar-refractivity contribution >= 4 is 16.7 Å². The van der Waals surface area contributed by atoms with Crippen molar-refractivity contribution in [3.63, 3.8) is 0 Å². The zero-order chi connectivity index (χ0) is 15.5. The van der Waals surface area contributed by atoms with Crippen LogP contribution in [0.1, 0.15) is 30.3 Å². The number of fused-ring (bicyclic) bond motifs is 1. The van der Waals surface area contributed by atoms with Crippen molar-refractivity contribution < 1.29 is 9.53 Å². The number of nitrogens with zero attached hydrogens (tertiary/aromatic N) is 1. The van der Waals surface area contributed by atoms with Crippen molar-refractivity contribution in [2.75, 3.05) is 19.7 Å². The number of ether oxygens (including phenoxy) is 1. The van der Waals surface area contributed by atoms with Gasteiger partial charge in [0.1, 0.15) is 5.69 Å². The molecule has 5 nitrogen and oxygen atoms in total. The number of nitrogens with one attached hydrogen (secondary N) is 1. The van der Waals surface area contributed by atoms with Crippen LogP contribution in [0.2, 0.25) is 0 Å². The van der Waals surface area contributed by atoms with Crippen LogP contribution in [0.3, 0.4) is 0 Å². The monoisotopic (exact) mass is 300 g/mol. The molecule has 1 fully saturated rings. The topological polar surface area (TPSA) is 62.4 Å². The van der Waals surface area contributed by atoms with Gasteiger partial charge < -0.3 is 14.6 Å². The van der Waals surface area contributed by atoms with E-state index in [-0.39, 0.29) is 17.6 Å². The van der Waals surface area contributed by atoms with Gasteiger partial charge in [0, 0.05) is 25.1 Å². The summed E-state index contributed by atoms with van der Waals surface area (Å²) in [7, 11) is 0. The number of aromatic nitrogens is 1. The van der Waals surface area contributed by atoms with E-state index in [1.807, 2.05) is 25.1 Å². The zero-order valence-corrected chi connectivity index (χ0v) is 12.7. The van der Waals surface area contributed by atoms with Gasteiger partial charge in [-0.25, -0.2) is 0 Å². The van der Waals surface area contributed by atoms with Crippen molar-refractivity contribution in [2.45, 2.75) is 25.9 Å². The number of benzene rings is 1. The molecule has 3 rings (SSSR count). The molecule has 1 aromatic carbocycles. The number of amides is 1. The molecule has 0 radical (unpaired) electrons. The third kappa shape index (κ3) is 2.90. The number of H-pyrrole nitrogens is 1. The first kappa shape index (κ1) is 14.8. The molecule has 116 valence electrons. The van der Waals surface area contributed by atoms with Crippen LogP contribution < -0.4 is 5.56 Å². The van der Waals surface area contributed by atoms with E-state index < -0.39 is 0 Å². The predicted molar refractivity (Wildman–Crippen MR) is 85.1 cm³/mol. The molecule has 1 N–H and O–H groups in total. The summed E-state index contributed by atoms with van der Waals surface area (Å²) in [5.74, 6) is -0.113. The van der Waals surface area contributed by atoms with Crippen molar-refractivity contribution in [1.29, 1.82) is 0 Å². The third-order valence-corrected chi connectivity index (χ3v) is 4.12. The molecule has 0 spiro atoms. The number of likely N-dealkylation sites (tertiary alicyclic amines) is 1. The number of pyridine rings is 1. The molecule has 0 atom stereocenters. The smallest absolute Gasteiger partial charge is 0.270 e. The fourth-order valence-electron chi connectivity index (χ4n) is 2.96. The first-order valence-electron chi connectivity index (χ1n) is 7.72. The molecule has 1 aliphatic heterocycles. The molecule has 1 amide bonds. The van der Waals surface area contributed by atoms with Crippen molar-refractivity contribution in [3.8, 4) is 0 Å². The number of carbonyl (C=O) groups is 1. The molecule has 0 aliphatic carbocycles. The van der Waals surface area contributed by atoms with Crippen LogP contribution in [0.5, 0.6) is 0 Å². The van der Waals surface area contributed by atoms with Crippen LogP contribution in [0.25, 0.3) is 10.8 Å². The Hall–Kier alpha value is -2.14. The van der Waals surface area contributed by atoms with Gasteiger partial charge in [0.25, 0.3) is 11.5 Å². The lowest BCUT2D eigenvalue weighted by Gasteiger charge is -2.31. The highest BCUT2D eigenvalue weighted by molar-refractivity contribution is 5.96. The Labute approximate surface area is 128 Å². The van der Waals surface area contributed by atoms with E-state index in [1.54, 1.807) is 17.0 Å². The van der Waals surface area contributed by atoms with E-state index in [9.17, 15) is 9.59 Å². The highest BCUT2D eigenvalue weighted by Crippen LogP contribution is 2.17. The minimum atomic E-state index is -0.217. The average Bonchev–Trinajstić information content (AvgIpc) is 2.55. The first-order chi connectivity index (χ1) is 10.7. The normalized spacial score (nSPS) is 16.1. The molecular formula is C17H20N2O3. The maximum absolute atomic E-state index is 12.6. The number of carbonyl (C=O) groups excluding carboxylic acids is 1. The summed E-state index contributed by atoms with van der Waals surface area (Å²) >= 11 is 0. The molecule has 0 bridgehead atoms. The van der Waals surface area contributed by atoms with E-state index in [0.29, 0.717) is 30.8 Å². The fraction of sp³-hybridized carbons (Fsp3) is 0.412. The summed E-state index contributed by atoms with van der Waals surface area (Å²) in [5.41, 5.74) is 0.143. The van der Waals surface area contributed by atoms with E-state index in [0.717, 1.165) is 18.2 Å². The average molecular weight is 300 g/mol. The van der Waals surface area contributed by atoms with Crippen molar-refractivity contribution in [2.24, 2.45) is 0 Å². The summed E-state index contributed by atoms with van der Waals surface area (Å²) in [6, 6.07) is 9.05. The van der Waals surface area contributed by atoms with Crippen LogP contribution in [0.15, 0.2) is 35.1 Å². The van der Waals surface area contributed by atoms with Gasteiger partial charge in [-0.1, -0.05) is 18.2 Å². The highest BCUT2D eigenvalue weighted by Gasteiger charge is 2.24. The lowest BCUT2D eigenvalue weighted by Crippen LogP contribution is -2.41. The van der Waals surface area contributed by atoms with Crippen molar-refractivity contribution in [1.82, 2.24) is 9.88 Å². The quantitative estimate of drug-likeness (QED) is 0.945. The van der Waals surface area contributed by atoms with Crippen LogP contribution in [0.4, 0.5) is 0 Å². The summed E-state index contributed by atoms with van der Waals surface area (Å²) in [5, 5.41) is 1.40. The lowest BCUT2D eigenvalue weighted by atomic mass is 10.1. The Balaban J connectivity index is 1.80. The van der Waals surface area contributed by atoms with Crippen LogP contribution in [-0.2, 0) is 4.74 Å². The molecule has 22 heavy (non-hydrogen) atoms. The number of hydrogen-bond donors (Lipinski definition) is 1. The van der Waals surface area contributed by atoms with E-state index in [2.05, 4.69) is 4.98 Å². The van der Waals surface area contributed by atoms with E-state index >= 15 is 0 Å². The van der Waals surface area contributed by atoms with Crippen LogP contribution in [-0.4, -0.2) is 41.6 Å². The van der Waals surface area contributed by atoms with Gasteiger partial charge >= 0.3 is 0 Å². The van der Waals surface area contributed by atoms with Crippen LogP contribution >= 0.6 is 0 Å². The van der Waals surface area contributed by atoms with Crippen molar-refractivity contribution in [3.05, 3.63) is 46.4 Å². The van der Waals surface area contributed by atoms with Gasteiger partial charge in [-0.05, 0) is 37.3 Å². The molecule has 1 aromatic heterocycles. The Morgan fingerprint density at radius 3 is 2.77 bits per heavy atom. The Bertz CT molecular complexity index is 730. The van der Waals surface area contributed by atoms with Gasteiger partial charge in [0.05, 0.1) is 6.10 Å². The second kappa shape index (κ2) is 6.32. The zero-order valence-electron chi connectivity index (χ0n) is 12.7. The summed E-state index contributed by atoms with van der Waals surface area (Å²) in [4.78, 5) is 29.1. The molecular weight excluding hydrogens is 280 g/mol. The Morgan fingerprint density at radius 1 is 1.32 bits per heavy atom. The standard InChI is InChI=1S/C17H20N2O3/c1-2-22-13-7-9-19(10-8-13)17(21)15-11-12-5-3-4-6-14(12)16(20)18-15/h3-6,11,13H,2,7-10H2,1H3,(H,18,20). The molecule has 2 aromatic rings. The second-order valence-electron chi connectivity index (χ2n) is 5.55. The first-order valence-corrected chi connectivity index (χ1v) is 7.72. The van der Waals surface area contributed by atoms with Gasteiger partial charge in [0.15, 0.2) is 0 Å². The summed E-state index contributed by atoms with van der Waals surface area (Å²) in [6.45, 7) is 4.02. The van der Waals surface area contributed by atoms with Crippen LogP contribution in [0, 0.1) is 0 Å². The lowest BCUT2D eigenvalue weighted by molar-refractivity contribution is 0.0144. The van der Waals surface area contributed by atoms with Gasteiger partial charge in [-0.15, -0.1) is 0 Å². The largest absolute Gasteiger partial charge is 0.378 e. The van der Waals surface area contributed by atoms with E-state index in [4.69, 9.17) is 4.74 Å². The molecule has 0 unspecified atom stereocenters. The Kier molecular flexibility index (Phi) is 4.24. The third-order valence-electron chi connectivity index (χ3n) is 4.12. The number of hydrogen-bond acceptors (Lipinski definition) is 3. The maximum Gasteiger partial charge on any atom is 0.270 e. The molecule has 5 heteroatoms. The molecule has 1 saturated heterocycles. The van der Waals surface area contributed by atoms with Gasteiger partial charge in [-0.3, -0.25) is 9.59 Å². The highest BCUT2D eigenvalue weighted by atomic mass is 16.5. The minimum Gasteiger partial charge on any atom is -0.378 e. The SMILES string of the molecule is CCOC1CCN(C(=O)c2cc3ccccc3c(=O)[nH]2)CC1. The minimum absolute atomic E-state index is 0.113. The molecule has 2 heterocycles. The second-order valence-corrected chi connectivity index (χ2v) is 5.55. The number of aromatic amines is 1. The van der Waals surface area contributed by atoms with Gasteiger partial charge in [-0.2, -0.15) is 0 Å². The predicted octanol–water partition coefficient (Wildman–Crippen LogP) is 2.17. The molecule has 1 aliphatic rings. The Morgan fingerprint density at radius 2 is 2.05 bits per heavy atom. The number of piperidine rings is 1. The van der Waals surface area contributed by atoms with E-state index in [1.165, 1.54) is 0 Å². The molecule has 0 saturated carbocycles.